The summed E-state index contributed by atoms with van der Waals surface area (Å²) in [7, 11) is -2.15. The summed E-state index contributed by atoms with van der Waals surface area (Å²) < 4.78 is 45.9. The van der Waals surface area contributed by atoms with Crippen molar-refractivity contribution >= 4 is 27.0 Å². The largest absolute Gasteiger partial charge is 0.464 e. The van der Waals surface area contributed by atoms with Gasteiger partial charge in [0.25, 0.3) is 0 Å². The summed E-state index contributed by atoms with van der Waals surface area (Å²) in [5.41, 5.74) is 1.79. The lowest BCUT2D eigenvalue weighted by atomic mass is 9.89. The quantitative estimate of drug-likeness (QED) is 0.216. The van der Waals surface area contributed by atoms with Gasteiger partial charge in [-0.3, -0.25) is 4.79 Å². The molecule has 0 radical (unpaired) electrons. The Morgan fingerprint density at radius 2 is 1.74 bits per heavy atom. The molecule has 7 nitrogen and oxygen atoms in total. The van der Waals surface area contributed by atoms with Gasteiger partial charge >= 0.3 is 5.97 Å². The summed E-state index contributed by atoms with van der Waals surface area (Å²) in [4.78, 5) is 12.4. The van der Waals surface area contributed by atoms with Crippen LogP contribution in [0, 0.1) is 11.8 Å². The van der Waals surface area contributed by atoms with Crippen LogP contribution in [0.2, 0.25) is 0 Å². The van der Waals surface area contributed by atoms with Crippen LogP contribution < -0.4 is 0 Å². The Labute approximate surface area is 227 Å². The molecule has 3 aromatic rings. The maximum absolute atomic E-state index is 13.9. The van der Waals surface area contributed by atoms with E-state index in [1.807, 2.05) is 45.9 Å². The van der Waals surface area contributed by atoms with Crippen molar-refractivity contribution in [2.45, 2.75) is 70.5 Å². The van der Waals surface area contributed by atoms with Gasteiger partial charge in [-0.25, -0.2) is 8.42 Å². The van der Waals surface area contributed by atoms with Crippen LogP contribution in [0.4, 0.5) is 0 Å². The van der Waals surface area contributed by atoms with Gasteiger partial charge in [-0.05, 0) is 74.8 Å². The molecule has 0 spiro atoms. The van der Waals surface area contributed by atoms with E-state index in [1.165, 1.54) is 4.31 Å². The summed E-state index contributed by atoms with van der Waals surface area (Å²) in [6.45, 7) is 8.27. The van der Waals surface area contributed by atoms with Crippen molar-refractivity contribution in [1.82, 2.24) is 4.31 Å². The second-order valence-electron chi connectivity index (χ2n) is 10.5. The Hall–Kier alpha value is -2.68. The lowest BCUT2D eigenvalue weighted by molar-refractivity contribution is -0.147. The molecule has 0 saturated heterocycles. The number of carbonyl (C=O) groups excluding carboxylic acids is 1. The fraction of sp³-hybridized carbons (Fsp3) is 0.500. The van der Waals surface area contributed by atoms with Crippen molar-refractivity contribution < 1.29 is 27.1 Å². The minimum Gasteiger partial charge on any atom is -0.464 e. The first-order chi connectivity index (χ1) is 18.1. The highest BCUT2D eigenvalue weighted by Crippen LogP contribution is 2.27. The highest BCUT2D eigenvalue weighted by atomic mass is 32.2. The van der Waals surface area contributed by atoms with Gasteiger partial charge in [0.2, 0.25) is 10.0 Å². The van der Waals surface area contributed by atoms with Gasteiger partial charge in [0.15, 0.2) is 0 Å². The SMILES string of the molecule is CO[C@H](CN(CC(C)C)S(=O)(=O)c1ccc2occc2c1)[C@@H](CCCC(=O)OC(C)C)Cc1ccccc1. The van der Waals surface area contributed by atoms with E-state index >= 15 is 0 Å². The first-order valence-corrected chi connectivity index (χ1v) is 14.8. The predicted molar refractivity (Wildman–Crippen MR) is 149 cm³/mol. The number of hydrogen-bond acceptors (Lipinski definition) is 6. The van der Waals surface area contributed by atoms with Crippen molar-refractivity contribution in [3.05, 3.63) is 66.4 Å². The number of esters is 1. The third-order valence-electron chi connectivity index (χ3n) is 6.51. The number of methoxy groups -OCH3 is 1. The Kier molecular flexibility index (Phi) is 10.9. The number of sulfonamides is 1. The van der Waals surface area contributed by atoms with Gasteiger partial charge in [-0.1, -0.05) is 44.2 Å². The summed E-state index contributed by atoms with van der Waals surface area (Å²) in [5, 5.41) is 0.745. The molecule has 2 atom stereocenters. The highest BCUT2D eigenvalue weighted by molar-refractivity contribution is 7.89. The Morgan fingerprint density at radius 1 is 1.00 bits per heavy atom. The van der Waals surface area contributed by atoms with Crippen molar-refractivity contribution in [2.75, 3.05) is 20.2 Å². The predicted octanol–water partition coefficient (Wildman–Crippen LogP) is 6.08. The molecule has 0 unspecified atom stereocenters. The number of hydrogen-bond donors (Lipinski definition) is 0. The highest BCUT2D eigenvalue weighted by Gasteiger charge is 2.32. The number of nitrogens with zero attached hydrogens (tertiary/aromatic N) is 1. The van der Waals surface area contributed by atoms with Crippen LogP contribution in [-0.4, -0.2) is 51.1 Å². The summed E-state index contributed by atoms with van der Waals surface area (Å²) >= 11 is 0. The zero-order chi connectivity index (χ0) is 27.7. The fourth-order valence-corrected chi connectivity index (χ4v) is 6.37. The first kappa shape index (κ1) is 29.9. The topological polar surface area (TPSA) is 86.0 Å². The molecule has 38 heavy (non-hydrogen) atoms. The smallest absolute Gasteiger partial charge is 0.306 e. The van der Waals surface area contributed by atoms with Crippen LogP contribution >= 0.6 is 0 Å². The minimum atomic E-state index is -3.79. The third kappa shape index (κ3) is 8.41. The minimum absolute atomic E-state index is 0.00969. The molecule has 0 N–H and O–H groups in total. The number of furan rings is 1. The summed E-state index contributed by atoms with van der Waals surface area (Å²) in [6, 6.07) is 16.8. The van der Waals surface area contributed by atoms with Gasteiger partial charge in [-0.2, -0.15) is 4.31 Å². The zero-order valence-electron chi connectivity index (χ0n) is 23.1. The molecule has 0 amide bonds. The monoisotopic (exact) mass is 543 g/mol. The van der Waals surface area contributed by atoms with E-state index in [4.69, 9.17) is 13.9 Å². The zero-order valence-corrected chi connectivity index (χ0v) is 23.9. The van der Waals surface area contributed by atoms with E-state index < -0.39 is 10.0 Å². The van der Waals surface area contributed by atoms with Crippen molar-refractivity contribution in [2.24, 2.45) is 11.8 Å². The van der Waals surface area contributed by atoms with Crippen LogP contribution in [0.5, 0.6) is 0 Å². The van der Waals surface area contributed by atoms with E-state index in [0.29, 0.717) is 31.4 Å². The van der Waals surface area contributed by atoms with Crippen LogP contribution in [0.25, 0.3) is 11.0 Å². The summed E-state index contributed by atoms with van der Waals surface area (Å²) in [5.74, 6) is -0.0835. The molecule has 0 bridgehead atoms. The standard InChI is InChI=1S/C30H41NO6S/c1-22(2)20-31(38(33,34)27-14-15-28-26(19-27)16-17-36-28)21-29(35-5)25(18-24-10-7-6-8-11-24)12-9-13-30(32)37-23(3)4/h6-8,10-11,14-17,19,22-23,25,29H,9,12-13,18,20-21H2,1-5H3/t25-,29+/m0/s1. The van der Waals surface area contributed by atoms with Crippen molar-refractivity contribution in [3.8, 4) is 0 Å². The molecule has 3 rings (SSSR count). The fourth-order valence-electron chi connectivity index (χ4n) is 4.72. The van der Waals surface area contributed by atoms with Gasteiger partial charge in [0.05, 0.1) is 23.4 Å². The molecular weight excluding hydrogens is 502 g/mol. The summed E-state index contributed by atoms with van der Waals surface area (Å²) in [6.07, 6.45) is 3.42. The normalized spacial score (nSPS) is 13.9. The number of benzene rings is 2. The van der Waals surface area contributed by atoms with Gasteiger partial charge in [0, 0.05) is 32.0 Å². The second-order valence-corrected chi connectivity index (χ2v) is 12.4. The van der Waals surface area contributed by atoms with E-state index in [0.717, 1.165) is 17.4 Å². The molecule has 8 heteroatoms. The maximum Gasteiger partial charge on any atom is 0.306 e. The number of fused-ring (bicyclic) bond motifs is 1. The lowest BCUT2D eigenvalue weighted by Crippen LogP contribution is -2.43. The molecule has 1 heterocycles. The van der Waals surface area contributed by atoms with Gasteiger partial charge in [0.1, 0.15) is 5.58 Å². The molecular formula is C30H41NO6S. The van der Waals surface area contributed by atoms with Crippen LogP contribution in [-0.2, 0) is 30.7 Å². The molecule has 0 aliphatic carbocycles. The van der Waals surface area contributed by atoms with E-state index in [1.54, 1.807) is 37.6 Å². The van der Waals surface area contributed by atoms with E-state index in [-0.39, 0.29) is 41.5 Å². The van der Waals surface area contributed by atoms with Crippen LogP contribution in [0.3, 0.4) is 0 Å². The Bertz CT molecular complexity index is 1250. The number of carbonyl (C=O) groups is 1. The molecule has 2 aromatic carbocycles. The lowest BCUT2D eigenvalue weighted by Gasteiger charge is -2.32. The van der Waals surface area contributed by atoms with E-state index in [2.05, 4.69) is 12.1 Å². The average Bonchev–Trinajstić information content (AvgIpc) is 3.34. The molecule has 0 saturated carbocycles. The molecule has 1 aromatic heterocycles. The second kappa shape index (κ2) is 13.9. The third-order valence-corrected chi connectivity index (χ3v) is 8.33. The van der Waals surface area contributed by atoms with Gasteiger partial charge in [-0.15, -0.1) is 0 Å². The average molecular weight is 544 g/mol. The Morgan fingerprint density at radius 3 is 2.39 bits per heavy atom. The van der Waals surface area contributed by atoms with Crippen molar-refractivity contribution in [3.63, 3.8) is 0 Å². The maximum atomic E-state index is 13.9. The molecule has 0 fully saturated rings. The number of ether oxygens (including phenoxy) is 2. The van der Waals surface area contributed by atoms with Crippen molar-refractivity contribution in [1.29, 1.82) is 0 Å². The van der Waals surface area contributed by atoms with Gasteiger partial charge < -0.3 is 13.9 Å². The van der Waals surface area contributed by atoms with Crippen LogP contribution in [0.15, 0.2) is 70.2 Å². The first-order valence-electron chi connectivity index (χ1n) is 13.3. The van der Waals surface area contributed by atoms with Crippen LogP contribution in [0.1, 0.15) is 52.5 Å². The molecule has 0 aliphatic heterocycles. The number of rotatable bonds is 15. The Balaban J connectivity index is 1.84. The molecule has 208 valence electrons. The molecule has 0 aliphatic rings. The van der Waals surface area contributed by atoms with E-state index in [9.17, 15) is 13.2 Å².